The van der Waals surface area contributed by atoms with E-state index in [-0.39, 0.29) is 5.91 Å². The molecule has 5 rings (SSSR count). The van der Waals surface area contributed by atoms with Crippen molar-refractivity contribution in [3.63, 3.8) is 0 Å². The minimum Gasteiger partial charge on any atom is -0.352 e. The second-order valence-corrected chi connectivity index (χ2v) is 9.79. The molecule has 1 amide bonds. The van der Waals surface area contributed by atoms with Crippen LogP contribution in [0.25, 0.3) is 0 Å². The zero-order chi connectivity index (χ0) is 17.5. The second-order valence-electron chi connectivity index (χ2n) is 7.81. The molecule has 0 aliphatic heterocycles. The van der Waals surface area contributed by atoms with Crippen LogP contribution in [-0.2, 0) is 11.2 Å². The van der Waals surface area contributed by atoms with E-state index in [1.54, 1.807) is 23.1 Å². The molecule has 2 aromatic heterocycles. The van der Waals surface area contributed by atoms with Gasteiger partial charge < -0.3 is 9.88 Å². The molecule has 0 bridgehead atoms. The molecule has 5 nitrogen and oxygen atoms in total. The molecule has 3 fully saturated rings. The van der Waals surface area contributed by atoms with Gasteiger partial charge in [0.2, 0.25) is 5.91 Å². The first-order valence-corrected chi connectivity index (χ1v) is 11.5. The lowest BCUT2D eigenvalue weighted by Gasteiger charge is -2.17. The molecule has 0 aromatic carbocycles. The van der Waals surface area contributed by atoms with Gasteiger partial charge in [-0.05, 0) is 61.8 Å². The third-order valence-electron chi connectivity index (χ3n) is 5.48. The third kappa shape index (κ3) is 3.83. The van der Waals surface area contributed by atoms with Crippen molar-refractivity contribution in [2.24, 2.45) is 11.8 Å². The fourth-order valence-electron chi connectivity index (χ4n) is 3.68. The maximum Gasteiger partial charge on any atom is 0.230 e. The van der Waals surface area contributed by atoms with E-state index in [1.807, 2.05) is 0 Å². The number of thiophene rings is 1. The summed E-state index contributed by atoms with van der Waals surface area (Å²) >= 11 is 3.30. The largest absolute Gasteiger partial charge is 0.352 e. The number of aromatic nitrogens is 3. The molecule has 0 atom stereocenters. The Morgan fingerprint density at radius 3 is 2.62 bits per heavy atom. The number of hydrogen-bond donors (Lipinski definition) is 1. The second kappa shape index (κ2) is 7.00. The molecule has 3 saturated carbocycles. The van der Waals surface area contributed by atoms with Gasteiger partial charge in [-0.2, -0.15) is 0 Å². The van der Waals surface area contributed by atoms with Crippen LogP contribution < -0.4 is 5.32 Å². The minimum absolute atomic E-state index is 0.156. The van der Waals surface area contributed by atoms with Gasteiger partial charge in [-0.1, -0.05) is 17.8 Å². The van der Waals surface area contributed by atoms with Crippen LogP contribution >= 0.6 is 23.1 Å². The molecule has 2 heterocycles. The summed E-state index contributed by atoms with van der Waals surface area (Å²) in [5.74, 6) is 3.11. The Hall–Kier alpha value is -1.34. The molecular formula is C19H24N4OS2. The summed E-state index contributed by atoms with van der Waals surface area (Å²) < 4.78 is 2.27. The molecule has 26 heavy (non-hydrogen) atoms. The van der Waals surface area contributed by atoms with Gasteiger partial charge in [-0.3, -0.25) is 4.79 Å². The summed E-state index contributed by atoms with van der Waals surface area (Å²) in [7, 11) is 0. The van der Waals surface area contributed by atoms with Crippen LogP contribution in [0.3, 0.4) is 0 Å². The Labute approximate surface area is 162 Å². The monoisotopic (exact) mass is 388 g/mol. The first kappa shape index (κ1) is 16.8. The zero-order valence-electron chi connectivity index (χ0n) is 14.8. The molecule has 7 heteroatoms. The molecule has 3 aliphatic rings. The maximum absolute atomic E-state index is 12.5. The van der Waals surface area contributed by atoms with Gasteiger partial charge >= 0.3 is 0 Å². The number of nitrogens with zero attached hydrogens (tertiary/aromatic N) is 3. The van der Waals surface area contributed by atoms with E-state index in [0.717, 1.165) is 29.2 Å². The fraction of sp³-hybridized carbons (Fsp3) is 0.632. The number of carbonyl (C=O) groups is 1. The smallest absolute Gasteiger partial charge is 0.230 e. The van der Waals surface area contributed by atoms with Crippen molar-refractivity contribution in [3.05, 3.63) is 28.2 Å². The van der Waals surface area contributed by atoms with E-state index in [0.29, 0.717) is 17.8 Å². The minimum atomic E-state index is 0.156. The van der Waals surface area contributed by atoms with Crippen LogP contribution in [0, 0.1) is 11.8 Å². The van der Waals surface area contributed by atoms with Gasteiger partial charge in [0.25, 0.3) is 0 Å². The average Bonchev–Trinajstić information content (AvgIpc) is 3.53. The summed E-state index contributed by atoms with van der Waals surface area (Å²) in [4.78, 5) is 13.8. The third-order valence-corrected chi connectivity index (χ3v) is 7.30. The highest BCUT2D eigenvalue weighted by molar-refractivity contribution is 7.99. The van der Waals surface area contributed by atoms with Crippen molar-refractivity contribution < 1.29 is 4.79 Å². The molecule has 0 unspecified atom stereocenters. The van der Waals surface area contributed by atoms with Crippen LogP contribution in [0.15, 0.2) is 22.7 Å². The van der Waals surface area contributed by atoms with Gasteiger partial charge in [0.05, 0.1) is 5.75 Å². The Morgan fingerprint density at radius 1 is 1.23 bits per heavy atom. The Kier molecular flexibility index (Phi) is 4.52. The van der Waals surface area contributed by atoms with E-state index in [1.165, 1.54) is 43.4 Å². The first-order valence-electron chi connectivity index (χ1n) is 9.66. The highest BCUT2D eigenvalue weighted by Gasteiger charge is 2.42. The van der Waals surface area contributed by atoms with Crippen LogP contribution in [0.1, 0.15) is 55.3 Å². The Morgan fingerprint density at radius 2 is 2.00 bits per heavy atom. The number of nitrogens with one attached hydrogen (secondary N) is 1. The van der Waals surface area contributed by atoms with Crippen molar-refractivity contribution in [2.75, 3.05) is 5.75 Å². The molecule has 2 aromatic rings. The van der Waals surface area contributed by atoms with E-state index in [9.17, 15) is 4.79 Å². The zero-order valence-corrected chi connectivity index (χ0v) is 16.4. The summed E-state index contributed by atoms with van der Waals surface area (Å²) in [6.45, 7) is 0. The first-order chi connectivity index (χ1) is 12.8. The number of amides is 1. The van der Waals surface area contributed by atoms with Crippen LogP contribution in [-0.4, -0.2) is 32.5 Å². The van der Waals surface area contributed by atoms with Gasteiger partial charge in [0, 0.05) is 23.4 Å². The molecule has 138 valence electrons. The number of carbonyl (C=O) groups excluding carboxylic acids is 1. The van der Waals surface area contributed by atoms with Crippen LogP contribution in [0.4, 0.5) is 0 Å². The Bertz CT molecular complexity index is 764. The number of hydrogen-bond acceptors (Lipinski definition) is 5. The lowest BCUT2D eigenvalue weighted by molar-refractivity contribution is -0.119. The topological polar surface area (TPSA) is 59.8 Å². The lowest BCUT2D eigenvalue weighted by Crippen LogP contribution is -2.39. The summed E-state index contributed by atoms with van der Waals surface area (Å²) in [5, 5.41) is 15.1. The van der Waals surface area contributed by atoms with Crippen molar-refractivity contribution >= 4 is 29.0 Å². The van der Waals surface area contributed by atoms with Crippen LogP contribution in [0.5, 0.6) is 0 Å². The molecule has 0 radical (unpaired) electrons. The van der Waals surface area contributed by atoms with E-state index < -0.39 is 0 Å². The van der Waals surface area contributed by atoms with Gasteiger partial charge in [0.15, 0.2) is 5.16 Å². The summed E-state index contributed by atoms with van der Waals surface area (Å²) in [6, 6.07) is 5.18. The van der Waals surface area contributed by atoms with Crippen molar-refractivity contribution in [1.29, 1.82) is 0 Å². The van der Waals surface area contributed by atoms with Crippen molar-refractivity contribution in [2.45, 2.75) is 62.2 Å². The standard InChI is InChI=1S/C19H24N4OS2/c24-17(20-18(12-3-4-12)13-5-6-13)11-26-19-22-21-16(23(19)14-7-8-14)10-15-2-1-9-25-15/h1-2,9,12-14,18H,3-8,10-11H2,(H,20,24). The van der Waals surface area contributed by atoms with Gasteiger partial charge in [-0.15, -0.1) is 21.5 Å². The molecular weight excluding hydrogens is 364 g/mol. The molecule has 0 saturated heterocycles. The van der Waals surface area contributed by atoms with Gasteiger partial charge in [-0.25, -0.2) is 0 Å². The highest BCUT2D eigenvalue weighted by atomic mass is 32.2. The molecule has 3 aliphatic carbocycles. The van der Waals surface area contributed by atoms with E-state index in [4.69, 9.17) is 0 Å². The number of thioether (sulfide) groups is 1. The SMILES string of the molecule is O=C(CSc1nnc(Cc2cccs2)n1C1CC1)NC(C1CC1)C1CC1. The normalized spacial score (nSPS) is 19.9. The molecule has 0 spiro atoms. The predicted octanol–water partition coefficient (Wildman–Crippen LogP) is 3.66. The maximum atomic E-state index is 12.5. The Balaban J connectivity index is 1.22. The average molecular weight is 389 g/mol. The quantitative estimate of drug-likeness (QED) is 0.666. The fourth-order valence-corrected chi connectivity index (χ4v) is 5.22. The highest BCUT2D eigenvalue weighted by Crippen LogP contribution is 2.44. The van der Waals surface area contributed by atoms with E-state index in [2.05, 4.69) is 37.6 Å². The summed E-state index contributed by atoms with van der Waals surface area (Å²) in [6.07, 6.45) is 8.38. The number of rotatable bonds is 9. The van der Waals surface area contributed by atoms with Gasteiger partial charge in [0.1, 0.15) is 5.82 Å². The molecule has 1 N–H and O–H groups in total. The van der Waals surface area contributed by atoms with E-state index >= 15 is 0 Å². The summed E-state index contributed by atoms with van der Waals surface area (Å²) in [5.41, 5.74) is 0. The van der Waals surface area contributed by atoms with Crippen molar-refractivity contribution in [1.82, 2.24) is 20.1 Å². The van der Waals surface area contributed by atoms with Crippen LogP contribution in [0.2, 0.25) is 0 Å². The predicted molar refractivity (Wildman–Crippen MR) is 104 cm³/mol. The van der Waals surface area contributed by atoms with Crippen molar-refractivity contribution in [3.8, 4) is 0 Å². The lowest BCUT2D eigenvalue weighted by atomic mass is 10.1.